The molecule has 102 valence electrons. The Bertz CT molecular complexity index is 613. The monoisotopic (exact) mass is 330 g/mol. The predicted molar refractivity (Wildman–Crippen MR) is 70.8 cm³/mol. The lowest BCUT2D eigenvalue weighted by Crippen LogP contribution is -2.13. The maximum Gasteiger partial charge on any atom is 0.135 e. The van der Waals surface area contributed by atoms with Gasteiger partial charge in [0.2, 0.25) is 0 Å². The van der Waals surface area contributed by atoms with Gasteiger partial charge in [-0.05, 0) is 41.4 Å². The number of nitrogens with zero attached hydrogens (tertiary/aromatic N) is 2. The Hall–Kier alpha value is -1.27. The second-order valence-corrected chi connectivity index (χ2v) is 5.04. The molecule has 0 aliphatic rings. The van der Waals surface area contributed by atoms with Crippen molar-refractivity contribution in [2.75, 3.05) is 0 Å². The first-order valence-corrected chi connectivity index (χ1v) is 6.60. The van der Waals surface area contributed by atoms with Gasteiger partial charge in [-0.15, -0.1) is 0 Å². The van der Waals surface area contributed by atoms with Crippen molar-refractivity contribution >= 4 is 15.9 Å². The molecule has 2 rings (SSSR count). The minimum absolute atomic E-state index is 0.286. The summed E-state index contributed by atoms with van der Waals surface area (Å²) < 4.78 is 29.8. The van der Waals surface area contributed by atoms with Gasteiger partial charge in [-0.1, -0.05) is 6.07 Å². The van der Waals surface area contributed by atoms with Gasteiger partial charge in [0.25, 0.3) is 0 Å². The van der Waals surface area contributed by atoms with E-state index >= 15 is 0 Å². The highest BCUT2D eigenvalue weighted by Gasteiger charge is 2.26. The maximum absolute atomic E-state index is 14.0. The Labute approximate surface area is 118 Å². The van der Waals surface area contributed by atoms with Gasteiger partial charge >= 0.3 is 0 Å². The van der Waals surface area contributed by atoms with Crippen molar-refractivity contribution in [2.45, 2.75) is 26.5 Å². The molecule has 0 aliphatic carbocycles. The molecule has 1 N–H and O–H groups in total. The van der Waals surface area contributed by atoms with Gasteiger partial charge < -0.3 is 5.11 Å². The molecule has 1 unspecified atom stereocenters. The maximum atomic E-state index is 14.0. The van der Waals surface area contributed by atoms with E-state index < -0.39 is 17.7 Å². The summed E-state index contributed by atoms with van der Waals surface area (Å²) in [5, 5.41) is 14.3. The van der Waals surface area contributed by atoms with Crippen molar-refractivity contribution < 1.29 is 13.9 Å². The number of benzene rings is 1. The summed E-state index contributed by atoms with van der Waals surface area (Å²) >= 11 is 3.24. The van der Waals surface area contributed by atoms with E-state index in [0.717, 1.165) is 6.07 Å². The zero-order chi connectivity index (χ0) is 14.2. The smallest absolute Gasteiger partial charge is 0.135 e. The lowest BCUT2D eigenvalue weighted by molar-refractivity contribution is 0.196. The Kier molecular flexibility index (Phi) is 4.01. The summed E-state index contributed by atoms with van der Waals surface area (Å²) in [6.07, 6.45) is 0.0879. The molecular weight excluding hydrogens is 318 g/mol. The highest BCUT2D eigenvalue weighted by Crippen LogP contribution is 2.32. The lowest BCUT2D eigenvalue weighted by atomic mass is 10.0. The standard InChI is InChI=1S/C13H13BrF2N2O/c1-3-18-12(8(14)6-17-18)13(19)10-9(15)5-4-7(2)11(10)16/h4-6,13,19H,3H2,1-2H3. The normalized spacial score (nSPS) is 12.7. The molecule has 19 heavy (non-hydrogen) atoms. The van der Waals surface area contributed by atoms with E-state index in [2.05, 4.69) is 21.0 Å². The van der Waals surface area contributed by atoms with Gasteiger partial charge in [-0.25, -0.2) is 8.78 Å². The van der Waals surface area contributed by atoms with Crippen LogP contribution in [-0.2, 0) is 6.54 Å². The van der Waals surface area contributed by atoms with Crippen LogP contribution in [0, 0.1) is 18.6 Å². The molecule has 0 aliphatic heterocycles. The van der Waals surface area contributed by atoms with Gasteiger partial charge in [0.05, 0.1) is 21.9 Å². The van der Waals surface area contributed by atoms with Crippen LogP contribution in [0.3, 0.4) is 0 Å². The van der Waals surface area contributed by atoms with Gasteiger partial charge in [-0.3, -0.25) is 4.68 Å². The van der Waals surface area contributed by atoms with E-state index in [9.17, 15) is 13.9 Å². The summed E-state index contributed by atoms with van der Waals surface area (Å²) in [6, 6.07) is 2.49. The third-order valence-corrected chi connectivity index (χ3v) is 3.60. The number of rotatable bonds is 3. The molecule has 1 atom stereocenters. The molecule has 0 saturated heterocycles. The fourth-order valence-corrected chi connectivity index (χ4v) is 2.47. The Balaban J connectivity index is 2.59. The lowest BCUT2D eigenvalue weighted by Gasteiger charge is -2.16. The van der Waals surface area contributed by atoms with Crippen LogP contribution in [0.15, 0.2) is 22.8 Å². The fourth-order valence-electron chi connectivity index (χ4n) is 1.96. The van der Waals surface area contributed by atoms with Crippen molar-refractivity contribution in [3.8, 4) is 0 Å². The van der Waals surface area contributed by atoms with Gasteiger partial charge in [0, 0.05) is 6.54 Å². The van der Waals surface area contributed by atoms with Crippen LogP contribution in [0.5, 0.6) is 0 Å². The quantitative estimate of drug-likeness (QED) is 0.937. The first-order chi connectivity index (χ1) is 8.97. The number of aryl methyl sites for hydroxylation is 2. The van der Waals surface area contributed by atoms with E-state index in [1.165, 1.54) is 23.9 Å². The second kappa shape index (κ2) is 5.38. The van der Waals surface area contributed by atoms with Crippen molar-refractivity contribution in [1.29, 1.82) is 0 Å². The minimum atomic E-state index is -1.41. The molecular formula is C13H13BrF2N2O. The highest BCUT2D eigenvalue weighted by atomic mass is 79.9. The van der Waals surface area contributed by atoms with Crippen molar-refractivity contribution in [3.63, 3.8) is 0 Å². The molecule has 1 heterocycles. The number of hydrogen-bond acceptors (Lipinski definition) is 2. The third-order valence-electron chi connectivity index (χ3n) is 2.98. The van der Waals surface area contributed by atoms with E-state index in [-0.39, 0.29) is 11.1 Å². The summed E-state index contributed by atoms with van der Waals surface area (Å²) in [5.41, 5.74) is 0.274. The minimum Gasteiger partial charge on any atom is -0.382 e. The fraction of sp³-hybridized carbons (Fsp3) is 0.308. The van der Waals surface area contributed by atoms with Gasteiger partial charge in [0.15, 0.2) is 0 Å². The topological polar surface area (TPSA) is 38.0 Å². The molecule has 0 bridgehead atoms. The van der Waals surface area contributed by atoms with Crippen LogP contribution < -0.4 is 0 Å². The summed E-state index contributed by atoms with van der Waals surface area (Å²) in [7, 11) is 0. The number of hydrogen-bond donors (Lipinski definition) is 1. The largest absolute Gasteiger partial charge is 0.382 e. The molecule has 0 saturated carbocycles. The van der Waals surface area contributed by atoms with Crippen LogP contribution in [0.25, 0.3) is 0 Å². The van der Waals surface area contributed by atoms with E-state index in [1.54, 1.807) is 0 Å². The molecule has 1 aromatic heterocycles. The Morgan fingerprint density at radius 3 is 2.74 bits per heavy atom. The number of aliphatic hydroxyl groups excluding tert-OH is 1. The first-order valence-electron chi connectivity index (χ1n) is 5.81. The van der Waals surface area contributed by atoms with E-state index in [0.29, 0.717) is 16.7 Å². The highest BCUT2D eigenvalue weighted by molar-refractivity contribution is 9.10. The average Bonchev–Trinajstić information content (AvgIpc) is 2.75. The molecule has 1 aromatic carbocycles. The Morgan fingerprint density at radius 2 is 2.11 bits per heavy atom. The van der Waals surface area contributed by atoms with Gasteiger partial charge in [-0.2, -0.15) is 5.10 Å². The number of halogens is 3. The van der Waals surface area contributed by atoms with Crippen molar-refractivity contribution in [1.82, 2.24) is 9.78 Å². The third kappa shape index (κ3) is 2.42. The Morgan fingerprint density at radius 1 is 1.42 bits per heavy atom. The summed E-state index contributed by atoms with van der Waals surface area (Å²) in [6.45, 7) is 3.85. The average molecular weight is 331 g/mol. The van der Waals surface area contributed by atoms with Crippen LogP contribution in [0.2, 0.25) is 0 Å². The number of aliphatic hydroxyl groups is 1. The second-order valence-electron chi connectivity index (χ2n) is 4.19. The molecule has 0 fully saturated rings. The SMILES string of the molecule is CCn1ncc(Br)c1C(O)c1c(F)ccc(C)c1F. The summed E-state index contributed by atoms with van der Waals surface area (Å²) in [4.78, 5) is 0. The van der Waals surface area contributed by atoms with Crippen molar-refractivity contribution in [3.05, 3.63) is 51.3 Å². The molecule has 0 amide bonds. The van der Waals surface area contributed by atoms with Crippen LogP contribution >= 0.6 is 15.9 Å². The van der Waals surface area contributed by atoms with E-state index in [4.69, 9.17) is 0 Å². The summed E-state index contributed by atoms with van der Waals surface area (Å²) in [5.74, 6) is -1.50. The molecule has 6 heteroatoms. The molecule has 0 spiro atoms. The predicted octanol–water partition coefficient (Wildman–Crippen LogP) is 3.33. The molecule has 0 radical (unpaired) electrons. The number of aromatic nitrogens is 2. The van der Waals surface area contributed by atoms with Gasteiger partial charge in [0.1, 0.15) is 17.7 Å². The zero-order valence-corrected chi connectivity index (χ0v) is 12.1. The molecule has 3 nitrogen and oxygen atoms in total. The first kappa shape index (κ1) is 14.1. The van der Waals surface area contributed by atoms with Crippen LogP contribution in [0.1, 0.15) is 29.8 Å². The van der Waals surface area contributed by atoms with E-state index in [1.807, 2.05) is 6.92 Å². The zero-order valence-electron chi connectivity index (χ0n) is 10.5. The van der Waals surface area contributed by atoms with Crippen molar-refractivity contribution in [2.24, 2.45) is 0 Å². The van der Waals surface area contributed by atoms with Crippen LogP contribution in [-0.4, -0.2) is 14.9 Å². The van der Waals surface area contributed by atoms with Crippen LogP contribution in [0.4, 0.5) is 8.78 Å². The molecule has 2 aromatic rings.